The Labute approximate surface area is 152 Å². The first-order chi connectivity index (χ1) is 12.3. The molecule has 2 aromatic rings. The highest BCUT2D eigenvalue weighted by Crippen LogP contribution is 2.38. The van der Waals surface area contributed by atoms with Crippen molar-refractivity contribution in [3.05, 3.63) is 47.0 Å². The summed E-state index contributed by atoms with van der Waals surface area (Å²) in [5.74, 6) is 0.587. The molecule has 0 saturated heterocycles. The lowest BCUT2D eigenvalue weighted by Gasteiger charge is -2.14. The van der Waals surface area contributed by atoms with E-state index in [0.717, 1.165) is 17.4 Å². The fraction of sp³-hybridized carbons (Fsp3) is 0.222. The first kappa shape index (κ1) is 17.6. The maximum atomic E-state index is 11.6. The molecule has 26 heavy (non-hydrogen) atoms. The van der Waals surface area contributed by atoms with Crippen LogP contribution in [0.2, 0.25) is 0 Å². The first-order valence-corrected chi connectivity index (χ1v) is 9.60. The van der Waals surface area contributed by atoms with Gasteiger partial charge in [0.2, 0.25) is 10.0 Å². The minimum atomic E-state index is -3.46. The molecule has 0 amide bonds. The van der Waals surface area contributed by atoms with Crippen LogP contribution in [0.4, 0.5) is 5.69 Å². The Balaban J connectivity index is 2.25. The third kappa shape index (κ3) is 3.41. The van der Waals surface area contributed by atoms with Gasteiger partial charge in [-0.1, -0.05) is 0 Å². The fourth-order valence-corrected chi connectivity index (χ4v) is 3.61. The smallest absolute Gasteiger partial charge is 0.229 e. The van der Waals surface area contributed by atoms with Crippen molar-refractivity contribution in [2.75, 3.05) is 18.1 Å². The SMILES string of the molecule is COc1ccc(C#N)c(-c2cc(NS(C)(=O)=O)cc3c2CN(C#N)C3)c1. The van der Waals surface area contributed by atoms with Crippen molar-refractivity contribution in [3.63, 3.8) is 0 Å². The third-order valence-corrected chi connectivity index (χ3v) is 4.74. The number of nitrogens with zero attached hydrogens (tertiary/aromatic N) is 3. The number of rotatable bonds is 4. The molecule has 0 fully saturated rings. The molecule has 0 saturated carbocycles. The van der Waals surface area contributed by atoms with E-state index < -0.39 is 10.0 Å². The quantitative estimate of drug-likeness (QED) is 0.831. The highest BCUT2D eigenvalue weighted by molar-refractivity contribution is 7.92. The fourth-order valence-electron chi connectivity index (χ4n) is 3.07. The maximum Gasteiger partial charge on any atom is 0.229 e. The molecule has 0 radical (unpaired) electrons. The van der Waals surface area contributed by atoms with E-state index in [1.165, 1.54) is 7.11 Å². The minimum absolute atomic E-state index is 0.393. The number of ether oxygens (including phenoxy) is 1. The zero-order chi connectivity index (χ0) is 18.9. The largest absolute Gasteiger partial charge is 0.497 e. The van der Waals surface area contributed by atoms with Crippen LogP contribution in [0.1, 0.15) is 16.7 Å². The Kier molecular flexibility index (Phi) is 4.45. The van der Waals surface area contributed by atoms with Crippen LogP contribution in [0.3, 0.4) is 0 Å². The molecule has 0 spiro atoms. The summed E-state index contributed by atoms with van der Waals surface area (Å²) in [6.07, 6.45) is 3.19. The number of sulfonamides is 1. The van der Waals surface area contributed by atoms with Crippen LogP contribution in [-0.2, 0) is 23.1 Å². The van der Waals surface area contributed by atoms with E-state index in [4.69, 9.17) is 4.74 Å². The molecule has 1 N–H and O–H groups in total. The summed E-state index contributed by atoms with van der Waals surface area (Å²) in [5, 5.41) is 18.7. The molecule has 2 aromatic carbocycles. The molecule has 0 unspecified atom stereocenters. The molecule has 0 aliphatic carbocycles. The van der Waals surface area contributed by atoms with E-state index in [0.29, 0.717) is 41.2 Å². The van der Waals surface area contributed by atoms with Gasteiger partial charge in [-0.15, -0.1) is 0 Å². The van der Waals surface area contributed by atoms with Crippen LogP contribution < -0.4 is 9.46 Å². The van der Waals surface area contributed by atoms with Crippen molar-refractivity contribution in [1.29, 1.82) is 10.5 Å². The summed E-state index contributed by atoms with van der Waals surface area (Å²) in [4.78, 5) is 1.57. The lowest BCUT2D eigenvalue weighted by atomic mass is 9.93. The van der Waals surface area contributed by atoms with Gasteiger partial charge in [0, 0.05) is 11.3 Å². The van der Waals surface area contributed by atoms with Crippen LogP contribution in [0.25, 0.3) is 11.1 Å². The second-order valence-corrected chi connectivity index (χ2v) is 7.76. The standard InChI is InChI=1S/C18H16N4O3S/c1-25-15-4-3-12(8-19)16(7-15)17-6-14(21-26(2,23)24)5-13-9-22(11-20)10-18(13)17/h3-7,21H,9-10H2,1-2H3. The van der Waals surface area contributed by atoms with Gasteiger partial charge < -0.3 is 9.64 Å². The lowest BCUT2D eigenvalue weighted by Crippen LogP contribution is -2.10. The van der Waals surface area contributed by atoms with Crippen molar-refractivity contribution in [2.45, 2.75) is 13.1 Å². The van der Waals surface area contributed by atoms with Gasteiger partial charge in [-0.05, 0) is 47.0 Å². The second-order valence-electron chi connectivity index (χ2n) is 6.02. The molecular weight excluding hydrogens is 352 g/mol. The average Bonchev–Trinajstić information content (AvgIpc) is 3.02. The Bertz CT molecular complexity index is 1070. The van der Waals surface area contributed by atoms with Crippen molar-refractivity contribution in [1.82, 2.24) is 4.90 Å². The van der Waals surface area contributed by atoms with Gasteiger partial charge in [-0.2, -0.15) is 10.5 Å². The minimum Gasteiger partial charge on any atom is -0.497 e. The van der Waals surface area contributed by atoms with Crippen molar-refractivity contribution < 1.29 is 13.2 Å². The van der Waals surface area contributed by atoms with Gasteiger partial charge in [0.05, 0.1) is 38.1 Å². The van der Waals surface area contributed by atoms with Crippen LogP contribution in [0.5, 0.6) is 5.75 Å². The third-order valence-electron chi connectivity index (χ3n) is 4.13. The van der Waals surface area contributed by atoms with Crippen LogP contribution in [-0.4, -0.2) is 26.7 Å². The highest BCUT2D eigenvalue weighted by Gasteiger charge is 2.24. The molecule has 0 bridgehead atoms. The number of nitriles is 2. The first-order valence-electron chi connectivity index (χ1n) is 7.71. The predicted molar refractivity (Wildman–Crippen MR) is 96.5 cm³/mol. The van der Waals surface area contributed by atoms with E-state index in [-0.39, 0.29) is 0 Å². The highest BCUT2D eigenvalue weighted by atomic mass is 32.2. The van der Waals surface area contributed by atoms with E-state index in [2.05, 4.69) is 17.0 Å². The summed E-state index contributed by atoms with van der Waals surface area (Å²) in [7, 11) is -1.92. The molecular formula is C18H16N4O3S. The molecule has 0 atom stereocenters. The number of nitrogens with one attached hydrogen (secondary N) is 1. The van der Waals surface area contributed by atoms with Crippen molar-refractivity contribution in [2.24, 2.45) is 0 Å². The van der Waals surface area contributed by atoms with Crippen LogP contribution in [0.15, 0.2) is 30.3 Å². The number of fused-ring (bicyclic) bond motifs is 1. The Morgan fingerprint density at radius 1 is 1.15 bits per heavy atom. The van der Waals surface area contributed by atoms with Crippen molar-refractivity contribution >= 4 is 15.7 Å². The van der Waals surface area contributed by atoms with Gasteiger partial charge in [0.15, 0.2) is 6.19 Å². The van der Waals surface area contributed by atoms with Gasteiger partial charge >= 0.3 is 0 Å². The van der Waals surface area contributed by atoms with E-state index >= 15 is 0 Å². The Hall–Kier alpha value is -3.23. The number of anilines is 1. The number of hydrogen-bond donors (Lipinski definition) is 1. The van der Waals surface area contributed by atoms with Crippen LogP contribution >= 0.6 is 0 Å². The van der Waals surface area contributed by atoms with Gasteiger partial charge in [0.1, 0.15) is 5.75 Å². The van der Waals surface area contributed by atoms with Crippen LogP contribution in [0, 0.1) is 22.8 Å². The topological polar surface area (TPSA) is 106 Å². The van der Waals surface area contributed by atoms with Crippen molar-refractivity contribution in [3.8, 4) is 29.1 Å². The summed E-state index contributed by atoms with van der Waals surface area (Å²) in [5.41, 5.74) is 3.94. The van der Waals surface area contributed by atoms with E-state index in [1.807, 2.05) is 0 Å². The summed E-state index contributed by atoms with van der Waals surface area (Å²) in [6.45, 7) is 0.798. The zero-order valence-electron chi connectivity index (χ0n) is 14.3. The zero-order valence-corrected chi connectivity index (χ0v) is 15.1. The monoisotopic (exact) mass is 368 g/mol. The normalized spacial score (nSPS) is 12.8. The summed E-state index contributed by atoms with van der Waals surface area (Å²) < 4.78 is 31.0. The molecule has 3 rings (SSSR count). The van der Waals surface area contributed by atoms with E-state index in [1.54, 1.807) is 35.2 Å². The van der Waals surface area contributed by atoms with Gasteiger partial charge in [0.25, 0.3) is 0 Å². The molecule has 1 aliphatic heterocycles. The Morgan fingerprint density at radius 3 is 2.54 bits per heavy atom. The predicted octanol–water partition coefficient (Wildman–Crippen LogP) is 2.40. The molecule has 1 aliphatic rings. The number of benzene rings is 2. The van der Waals surface area contributed by atoms with Gasteiger partial charge in [-0.3, -0.25) is 4.72 Å². The number of methoxy groups -OCH3 is 1. The molecule has 132 valence electrons. The van der Waals surface area contributed by atoms with Gasteiger partial charge in [-0.25, -0.2) is 8.42 Å². The molecule has 1 heterocycles. The number of hydrogen-bond acceptors (Lipinski definition) is 6. The van der Waals surface area contributed by atoms with E-state index in [9.17, 15) is 18.9 Å². The molecule has 8 heteroatoms. The average molecular weight is 368 g/mol. The molecule has 0 aromatic heterocycles. The second kappa shape index (κ2) is 6.58. The lowest BCUT2D eigenvalue weighted by molar-refractivity contribution is 0.415. The summed E-state index contributed by atoms with van der Waals surface area (Å²) >= 11 is 0. The molecule has 7 nitrogen and oxygen atoms in total. The Morgan fingerprint density at radius 2 is 1.92 bits per heavy atom. The maximum absolute atomic E-state index is 11.6. The summed E-state index contributed by atoms with van der Waals surface area (Å²) in [6, 6.07) is 10.7.